The number of aromatic nitrogens is 4. The normalized spacial score (nSPS) is 12.4. The maximum absolute atomic E-state index is 5.36. The van der Waals surface area contributed by atoms with Gasteiger partial charge in [-0.25, -0.2) is 9.97 Å². The van der Waals surface area contributed by atoms with E-state index >= 15 is 0 Å². The Morgan fingerprint density at radius 2 is 1.02 bits per heavy atom. The summed E-state index contributed by atoms with van der Waals surface area (Å²) in [4.78, 5) is 13.0. The molecule has 4 heterocycles. The van der Waals surface area contributed by atoms with Crippen LogP contribution in [0.3, 0.4) is 0 Å². The molecule has 7 aromatic carbocycles. The van der Waals surface area contributed by atoms with Crippen LogP contribution in [0.25, 0.3) is 88.5 Å². The van der Waals surface area contributed by atoms with Crippen LogP contribution in [-0.2, 0) is 0 Å². The van der Waals surface area contributed by atoms with Crippen molar-refractivity contribution >= 4 is 66.3 Å². The van der Waals surface area contributed by atoms with Gasteiger partial charge in [0, 0.05) is 48.0 Å². The number of hydrogen-bond acceptors (Lipinski definition) is 3. The van der Waals surface area contributed by atoms with Crippen molar-refractivity contribution < 1.29 is 0 Å². The maximum atomic E-state index is 5.36. The maximum Gasteiger partial charge on any atom is 0.235 e. The molecule has 10 aromatic rings. The van der Waals surface area contributed by atoms with E-state index < -0.39 is 0 Å². The molecule has 49 heavy (non-hydrogen) atoms. The van der Waals surface area contributed by atoms with E-state index in [1.54, 1.807) is 11.8 Å². The predicted octanol–water partition coefficient (Wildman–Crippen LogP) is 11.6. The molecule has 11 rings (SSSR count). The highest BCUT2D eigenvalue weighted by molar-refractivity contribution is 7.99. The lowest BCUT2D eigenvalue weighted by molar-refractivity contribution is 1.01. The van der Waals surface area contributed by atoms with Gasteiger partial charge >= 0.3 is 0 Å². The molecule has 1 aliphatic rings. The molecule has 0 unspecified atom stereocenters. The van der Waals surface area contributed by atoms with Crippen LogP contribution in [0, 0.1) is 0 Å². The Balaban J connectivity index is 1.17. The highest BCUT2D eigenvalue weighted by Gasteiger charge is 2.24. The van der Waals surface area contributed by atoms with Gasteiger partial charge in [0.05, 0.1) is 33.3 Å². The minimum atomic E-state index is 0.685. The molecule has 1 aliphatic heterocycles. The minimum Gasteiger partial charge on any atom is -0.309 e. The van der Waals surface area contributed by atoms with E-state index in [1.165, 1.54) is 42.4 Å². The lowest BCUT2D eigenvalue weighted by atomic mass is 10.0. The number of benzene rings is 7. The minimum absolute atomic E-state index is 0.685. The number of fused-ring (bicyclic) bond motifs is 8. The molecule has 0 N–H and O–H groups in total. The second-order valence-corrected chi connectivity index (χ2v) is 13.7. The van der Waals surface area contributed by atoms with Crippen LogP contribution in [0.2, 0.25) is 0 Å². The van der Waals surface area contributed by atoms with Gasteiger partial charge in [0.1, 0.15) is 0 Å². The van der Waals surface area contributed by atoms with Gasteiger partial charge < -0.3 is 4.57 Å². The van der Waals surface area contributed by atoms with E-state index in [2.05, 4.69) is 167 Å². The summed E-state index contributed by atoms with van der Waals surface area (Å²) in [7, 11) is 0. The van der Waals surface area contributed by atoms with Crippen LogP contribution in [-0.4, -0.2) is 19.1 Å². The number of nitrogens with zero attached hydrogens (tertiary/aromatic N) is 4. The molecular formula is C44H26N4S. The summed E-state index contributed by atoms with van der Waals surface area (Å²) in [5.41, 5.74) is 11.1. The molecule has 228 valence electrons. The second kappa shape index (κ2) is 10.2. The van der Waals surface area contributed by atoms with Crippen molar-refractivity contribution in [1.82, 2.24) is 19.1 Å². The standard InChI is InChI=1S/C44H26N4S/c1-2-11-29(12-3-1)47-36-17-7-4-13-30(36)32-23-21-27(25-38(32)47)28-22-24-33-31-14-5-8-18-37(31)48(39(33)26-28)44-45-35-16-10-20-41-42(35)43(46-44)34-15-6-9-19-40(34)49-41/h1-26H. The fraction of sp³-hybridized carbons (Fsp3) is 0. The average Bonchev–Trinajstić information content (AvgIpc) is 3.67. The molecule has 0 saturated carbocycles. The molecule has 5 heteroatoms. The summed E-state index contributed by atoms with van der Waals surface area (Å²) in [6.45, 7) is 0. The molecule has 0 fully saturated rings. The molecule has 0 amide bonds. The third-order valence-electron chi connectivity index (χ3n) is 9.93. The van der Waals surface area contributed by atoms with E-state index in [1.807, 2.05) is 0 Å². The van der Waals surface area contributed by atoms with Crippen molar-refractivity contribution in [3.63, 3.8) is 0 Å². The van der Waals surface area contributed by atoms with Crippen molar-refractivity contribution in [1.29, 1.82) is 0 Å². The quantitative estimate of drug-likeness (QED) is 0.192. The van der Waals surface area contributed by atoms with E-state index in [4.69, 9.17) is 9.97 Å². The van der Waals surface area contributed by atoms with E-state index in [0.29, 0.717) is 5.95 Å². The number of hydrogen-bond donors (Lipinski definition) is 0. The molecule has 0 aliphatic carbocycles. The van der Waals surface area contributed by atoms with Gasteiger partial charge in [-0.2, -0.15) is 0 Å². The summed E-state index contributed by atoms with van der Waals surface area (Å²) in [5.74, 6) is 0.685. The first-order valence-corrected chi connectivity index (χ1v) is 17.3. The zero-order valence-corrected chi connectivity index (χ0v) is 27.0. The monoisotopic (exact) mass is 642 g/mol. The number of rotatable bonds is 3. The first kappa shape index (κ1) is 26.9. The molecule has 0 bridgehead atoms. The largest absolute Gasteiger partial charge is 0.309 e. The van der Waals surface area contributed by atoms with Gasteiger partial charge in [-0.05, 0) is 65.7 Å². The van der Waals surface area contributed by atoms with Crippen LogP contribution >= 0.6 is 11.8 Å². The van der Waals surface area contributed by atoms with Gasteiger partial charge in [0.2, 0.25) is 5.95 Å². The lowest BCUT2D eigenvalue weighted by Gasteiger charge is -2.20. The third kappa shape index (κ3) is 3.88. The van der Waals surface area contributed by atoms with Crippen LogP contribution in [0.15, 0.2) is 168 Å². The fourth-order valence-corrected chi connectivity index (χ4v) is 8.87. The van der Waals surface area contributed by atoms with Crippen LogP contribution in [0.1, 0.15) is 0 Å². The Labute approximate surface area is 285 Å². The van der Waals surface area contributed by atoms with Crippen molar-refractivity contribution in [3.8, 4) is 34.0 Å². The first-order valence-electron chi connectivity index (χ1n) is 16.5. The zero-order valence-electron chi connectivity index (χ0n) is 26.2. The Bertz CT molecular complexity index is 2970. The summed E-state index contributed by atoms with van der Waals surface area (Å²) in [6.07, 6.45) is 0. The van der Waals surface area contributed by atoms with Gasteiger partial charge in [-0.15, -0.1) is 0 Å². The topological polar surface area (TPSA) is 35.6 Å². The van der Waals surface area contributed by atoms with Gasteiger partial charge in [0.25, 0.3) is 0 Å². The Kier molecular flexibility index (Phi) is 5.57. The van der Waals surface area contributed by atoms with Gasteiger partial charge in [-0.3, -0.25) is 4.57 Å². The molecule has 0 atom stereocenters. The first-order chi connectivity index (χ1) is 24.3. The smallest absolute Gasteiger partial charge is 0.235 e. The third-order valence-corrected chi connectivity index (χ3v) is 11.1. The molecule has 4 nitrogen and oxygen atoms in total. The van der Waals surface area contributed by atoms with Crippen molar-refractivity contribution in [2.75, 3.05) is 0 Å². The SMILES string of the molecule is c1ccc(-n2c3ccccc3c3ccc(-c4ccc5c6ccccc6n(-c6nc7c8c(cccc8n6)Sc6ccccc6-7)c5c4)cc32)cc1. The zero-order chi connectivity index (χ0) is 32.1. The van der Waals surface area contributed by atoms with Crippen molar-refractivity contribution in [2.45, 2.75) is 9.79 Å². The van der Waals surface area contributed by atoms with Gasteiger partial charge in [-0.1, -0.05) is 115 Å². The summed E-state index contributed by atoms with van der Waals surface area (Å²) in [6, 6.07) is 56.6. The lowest BCUT2D eigenvalue weighted by Crippen LogP contribution is -2.05. The average molecular weight is 643 g/mol. The molecule has 0 saturated heterocycles. The highest BCUT2D eigenvalue weighted by Crippen LogP contribution is 2.47. The summed E-state index contributed by atoms with van der Waals surface area (Å²) < 4.78 is 4.63. The van der Waals surface area contributed by atoms with E-state index in [0.717, 1.165) is 50.0 Å². The van der Waals surface area contributed by atoms with Gasteiger partial charge in [0.15, 0.2) is 0 Å². The Hall–Kier alpha value is -6.17. The molecular weight excluding hydrogens is 617 g/mol. The fourth-order valence-electron chi connectivity index (χ4n) is 7.76. The van der Waals surface area contributed by atoms with Crippen LogP contribution in [0.4, 0.5) is 0 Å². The number of para-hydroxylation sites is 3. The van der Waals surface area contributed by atoms with E-state index in [9.17, 15) is 0 Å². The van der Waals surface area contributed by atoms with Crippen molar-refractivity contribution in [2.24, 2.45) is 0 Å². The second-order valence-electron chi connectivity index (χ2n) is 12.6. The predicted molar refractivity (Wildman–Crippen MR) is 203 cm³/mol. The summed E-state index contributed by atoms with van der Waals surface area (Å²) in [5, 5.41) is 5.99. The molecule has 0 radical (unpaired) electrons. The Morgan fingerprint density at radius 3 is 1.78 bits per heavy atom. The summed E-state index contributed by atoms with van der Waals surface area (Å²) >= 11 is 1.80. The van der Waals surface area contributed by atoms with E-state index in [-0.39, 0.29) is 0 Å². The van der Waals surface area contributed by atoms with Crippen LogP contribution in [0.5, 0.6) is 0 Å². The highest BCUT2D eigenvalue weighted by atomic mass is 32.2. The van der Waals surface area contributed by atoms with Crippen LogP contribution < -0.4 is 0 Å². The van der Waals surface area contributed by atoms with Crippen molar-refractivity contribution in [3.05, 3.63) is 158 Å². The Morgan fingerprint density at radius 1 is 0.429 bits per heavy atom. The molecule has 0 spiro atoms. The molecule has 3 aromatic heterocycles.